The molecule has 0 aromatic carbocycles. The molecule has 0 spiro atoms. The molecule has 0 amide bonds. The summed E-state index contributed by atoms with van der Waals surface area (Å²) in [5.41, 5.74) is 0. The molecule has 1 aliphatic carbocycles. The Morgan fingerprint density at radius 2 is 1.95 bits per heavy atom. The molecule has 2 fully saturated rings. The molecule has 5 nitrogen and oxygen atoms in total. The van der Waals surface area contributed by atoms with Gasteiger partial charge in [0.25, 0.3) is 0 Å². The average Bonchev–Trinajstić information content (AvgIpc) is 3.16. The Bertz CT molecular complexity index is 402. The third kappa shape index (κ3) is 3.14. The van der Waals surface area contributed by atoms with E-state index in [-0.39, 0.29) is 0 Å². The number of nitrogens with zero attached hydrogens (tertiary/aromatic N) is 3. The van der Waals surface area contributed by atoms with Crippen molar-refractivity contribution in [1.82, 2.24) is 20.5 Å². The predicted molar refractivity (Wildman–Crippen MR) is 81.1 cm³/mol. The summed E-state index contributed by atoms with van der Waals surface area (Å²) in [6.45, 7) is 6.60. The van der Waals surface area contributed by atoms with Gasteiger partial charge in [-0.05, 0) is 44.7 Å². The zero-order valence-corrected chi connectivity index (χ0v) is 12.6. The van der Waals surface area contributed by atoms with E-state index in [9.17, 15) is 0 Å². The molecule has 1 aliphatic heterocycles. The number of aromatic amines is 1. The third-order valence-electron chi connectivity index (χ3n) is 4.81. The van der Waals surface area contributed by atoms with Crippen molar-refractivity contribution in [3.63, 3.8) is 0 Å². The van der Waals surface area contributed by atoms with Gasteiger partial charge in [0, 0.05) is 19.0 Å². The second-order valence-corrected chi connectivity index (χ2v) is 6.24. The number of aromatic nitrogens is 3. The fraction of sp³-hybridized carbons (Fsp3) is 0.867. The topological polar surface area (TPSA) is 56.8 Å². The van der Waals surface area contributed by atoms with E-state index in [0.717, 1.165) is 43.9 Å². The van der Waals surface area contributed by atoms with Gasteiger partial charge in [0.2, 0.25) is 5.95 Å². The van der Waals surface area contributed by atoms with Crippen LogP contribution in [0.2, 0.25) is 0 Å². The largest absolute Gasteiger partial charge is 0.340 e. The van der Waals surface area contributed by atoms with E-state index in [4.69, 9.17) is 4.98 Å². The molecule has 2 aliphatic rings. The lowest BCUT2D eigenvalue weighted by Crippen LogP contribution is -2.37. The van der Waals surface area contributed by atoms with E-state index in [1.54, 1.807) is 0 Å². The Hall–Kier alpha value is -1.10. The van der Waals surface area contributed by atoms with Crippen molar-refractivity contribution in [2.45, 2.75) is 51.4 Å². The highest BCUT2D eigenvalue weighted by Gasteiger charge is 2.24. The van der Waals surface area contributed by atoms with Crippen LogP contribution in [0.5, 0.6) is 0 Å². The molecule has 3 rings (SSSR count). The Morgan fingerprint density at radius 1 is 1.20 bits per heavy atom. The molecule has 1 aromatic heterocycles. The minimum Gasteiger partial charge on any atom is -0.340 e. The molecule has 1 saturated heterocycles. The SMILES string of the molecule is CCNCC1CCN(c2n[nH]c(C3CCCC3)n2)CC1. The lowest BCUT2D eigenvalue weighted by Gasteiger charge is -2.31. The second kappa shape index (κ2) is 6.57. The van der Waals surface area contributed by atoms with Crippen LogP contribution in [-0.4, -0.2) is 41.4 Å². The van der Waals surface area contributed by atoms with Crippen molar-refractivity contribution < 1.29 is 0 Å². The fourth-order valence-electron chi connectivity index (χ4n) is 3.47. The second-order valence-electron chi connectivity index (χ2n) is 6.24. The average molecular weight is 277 g/mol. The monoisotopic (exact) mass is 277 g/mol. The van der Waals surface area contributed by atoms with E-state index < -0.39 is 0 Å². The molecular formula is C15H27N5. The van der Waals surface area contributed by atoms with Crippen LogP contribution in [0, 0.1) is 5.92 Å². The Labute approximate surface area is 121 Å². The van der Waals surface area contributed by atoms with Crippen LogP contribution in [0.4, 0.5) is 5.95 Å². The molecule has 5 heteroatoms. The zero-order chi connectivity index (χ0) is 13.8. The van der Waals surface area contributed by atoms with Crippen molar-refractivity contribution in [3.8, 4) is 0 Å². The van der Waals surface area contributed by atoms with Crippen molar-refractivity contribution in [1.29, 1.82) is 0 Å². The van der Waals surface area contributed by atoms with E-state index in [0.29, 0.717) is 5.92 Å². The molecule has 20 heavy (non-hydrogen) atoms. The highest BCUT2D eigenvalue weighted by Crippen LogP contribution is 2.32. The molecule has 2 heterocycles. The van der Waals surface area contributed by atoms with E-state index >= 15 is 0 Å². The normalized spacial score (nSPS) is 21.8. The first kappa shape index (κ1) is 13.9. The van der Waals surface area contributed by atoms with E-state index in [1.165, 1.54) is 38.5 Å². The van der Waals surface area contributed by atoms with Gasteiger partial charge in [-0.2, -0.15) is 4.98 Å². The highest BCUT2D eigenvalue weighted by molar-refractivity contribution is 5.30. The van der Waals surface area contributed by atoms with Gasteiger partial charge in [-0.25, -0.2) is 0 Å². The van der Waals surface area contributed by atoms with Gasteiger partial charge >= 0.3 is 0 Å². The van der Waals surface area contributed by atoms with Gasteiger partial charge in [0.05, 0.1) is 0 Å². The molecule has 1 aromatic rings. The minimum absolute atomic E-state index is 0.627. The number of rotatable bonds is 5. The van der Waals surface area contributed by atoms with Crippen molar-refractivity contribution in [2.75, 3.05) is 31.1 Å². The van der Waals surface area contributed by atoms with Gasteiger partial charge in [-0.3, -0.25) is 5.10 Å². The molecule has 0 unspecified atom stereocenters. The number of hydrogen-bond acceptors (Lipinski definition) is 4. The highest BCUT2D eigenvalue weighted by atomic mass is 15.4. The molecule has 0 bridgehead atoms. The van der Waals surface area contributed by atoms with Crippen molar-refractivity contribution in [2.24, 2.45) is 5.92 Å². The first-order valence-electron chi connectivity index (χ1n) is 8.24. The smallest absolute Gasteiger partial charge is 0.244 e. The Balaban J connectivity index is 1.52. The van der Waals surface area contributed by atoms with Gasteiger partial charge in [-0.1, -0.05) is 19.8 Å². The van der Waals surface area contributed by atoms with Crippen LogP contribution in [0.3, 0.4) is 0 Å². The van der Waals surface area contributed by atoms with Crippen LogP contribution in [-0.2, 0) is 0 Å². The number of piperidine rings is 1. The van der Waals surface area contributed by atoms with Crippen LogP contribution in [0.1, 0.15) is 57.2 Å². The van der Waals surface area contributed by atoms with Gasteiger partial charge in [0.15, 0.2) is 0 Å². The summed E-state index contributed by atoms with van der Waals surface area (Å²) in [6, 6.07) is 0. The Morgan fingerprint density at radius 3 is 2.65 bits per heavy atom. The zero-order valence-electron chi connectivity index (χ0n) is 12.6. The first-order valence-corrected chi connectivity index (χ1v) is 8.24. The van der Waals surface area contributed by atoms with Crippen molar-refractivity contribution >= 4 is 5.95 Å². The van der Waals surface area contributed by atoms with Crippen LogP contribution >= 0.6 is 0 Å². The quantitative estimate of drug-likeness (QED) is 0.867. The maximum absolute atomic E-state index is 4.75. The molecule has 112 valence electrons. The number of nitrogens with one attached hydrogen (secondary N) is 2. The summed E-state index contributed by atoms with van der Waals surface area (Å²) in [5, 5.41) is 11.1. The summed E-state index contributed by atoms with van der Waals surface area (Å²) in [6.07, 6.45) is 7.74. The minimum atomic E-state index is 0.627. The van der Waals surface area contributed by atoms with Gasteiger partial charge in [0.1, 0.15) is 5.82 Å². The predicted octanol–water partition coefficient (Wildman–Crippen LogP) is 2.29. The lowest BCUT2D eigenvalue weighted by molar-refractivity contribution is 0.384. The molecule has 0 atom stereocenters. The summed E-state index contributed by atoms with van der Waals surface area (Å²) in [5.74, 6) is 3.49. The standard InChI is InChI=1S/C15H27N5/c1-2-16-11-12-7-9-20(10-8-12)15-17-14(18-19-15)13-5-3-4-6-13/h12-13,16H,2-11H2,1H3,(H,17,18,19). The number of anilines is 1. The van der Waals surface area contributed by atoms with Crippen molar-refractivity contribution in [3.05, 3.63) is 5.82 Å². The summed E-state index contributed by atoms with van der Waals surface area (Å²) < 4.78 is 0. The fourth-order valence-corrected chi connectivity index (χ4v) is 3.47. The van der Waals surface area contributed by atoms with Gasteiger partial charge in [-0.15, -0.1) is 5.10 Å². The van der Waals surface area contributed by atoms with Crippen LogP contribution in [0.25, 0.3) is 0 Å². The number of H-pyrrole nitrogens is 1. The van der Waals surface area contributed by atoms with Crippen LogP contribution < -0.4 is 10.2 Å². The Kier molecular flexibility index (Phi) is 4.55. The summed E-state index contributed by atoms with van der Waals surface area (Å²) in [7, 11) is 0. The molecular weight excluding hydrogens is 250 g/mol. The maximum atomic E-state index is 4.75. The summed E-state index contributed by atoms with van der Waals surface area (Å²) in [4.78, 5) is 7.09. The van der Waals surface area contributed by atoms with E-state index in [1.807, 2.05) is 0 Å². The molecule has 0 radical (unpaired) electrons. The van der Waals surface area contributed by atoms with Gasteiger partial charge < -0.3 is 10.2 Å². The molecule has 1 saturated carbocycles. The maximum Gasteiger partial charge on any atom is 0.244 e. The van der Waals surface area contributed by atoms with E-state index in [2.05, 4.69) is 27.3 Å². The number of hydrogen-bond donors (Lipinski definition) is 2. The first-order chi connectivity index (χ1) is 9.86. The van der Waals surface area contributed by atoms with Crippen LogP contribution in [0.15, 0.2) is 0 Å². The lowest BCUT2D eigenvalue weighted by atomic mass is 9.97. The third-order valence-corrected chi connectivity index (χ3v) is 4.81. The summed E-state index contributed by atoms with van der Waals surface area (Å²) >= 11 is 0. The molecule has 2 N–H and O–H groups in total.